The van der Waals surface area contributed by atoms with Crippen molar-refractivity contribution in [3.05, 3.63) is 29.3 Å². The van der Waals surface area contributed by atoms with Gasteiger partial charge in [-0.2, -0.15) is 0 Å². The lowest BCUT2D eigenvalue weighted by molar-refractivity contribution is 0.0924. The third-order valence-corrected chi connectivity index (χ3v) is 3.88. The molecule has 0 aliphatic carbocycles. The van der Waals surface area contributed by atoms with E-state index in [0.717, 1.165) is 36.3 Å². The monoisotopic (exact) mass is 245 g/mol. The van der Waals surface area contributed by atoms with Crippen molar-refractivity contribution in [2.24, 2.45) is 0 Å². The standard InChI is InChI=1S/C14H19N3O/c1-9-4-3-5-11-13(9)14(18)16-12-8-10(2)15-6-7-17(11)12/h3-5,10,12,15H,6-8H2,1-2H3,(H,16,18)/t10-,12-/m0/s1. The fraction of sp³-hybridized carbons (Fsp3) is 0.500. The van der Waals surface area contributed by atoms with Crippen molar-refractivity contribution in [1.29, 1.82) is 0 Å². The van der Waals surface area contributed by atoms with Crippen LogP contribution in [0, 0.1) is 6.92 Å². The number of hydrogen-bond donors (Lipinski definition) is 2. The summed E-state index contributed by atoms with van der Waals surface area (Å²) in [6.45, 7) is 6.06. The van der Waals surface area contributed by atoms with Crippen LogP contribution in [0.5, 0.6) is 0 Å². The van der Waals surface area contributed by atoms with Gasteiger partial charge in [0.2, 0.25) is 0 Å². The molecule has 1 fully saturated rings. The first-order valence-corrected chi connectivity index (χ1v) is 6.57. The molecule has 2 atom stereocenters. The van der Waals surface area contributed by atoms with Crippen LogP contribution in [0.25, 0.3) is 0 Å². The van der Waals surface area contributed by atoms with Crippen LogP contribution in [0.4, 0.5) is 5.69 Å². The van der Waals surface area contributed by atoms with Gasteiger partial charge in [-0.25, -0.2) is 0 Å². The van der Waals surface area contributed by atoms with Gasteiger partial charge in [0.15, 0.2) is 0 Å². The highest BCUT2D eigenvalue weighted by Gasteiger charge is 2.33. The number of anilines is 1. The Kier molecular flexibility index (Phi) is 2.74. The number of hydrogen-bond acceptors (Lipinski definition) is 3. The number of rotatable bonds is 0. The van der Waals surface area contributed by atoms with Crippen LogP contribution in [0.1, 0.15) is 29.3 Å². The molecule has 0 bridgehead atoms. The van der Waals surface area contributed by atoms with Crippen molar-refractivity contribution in [1.82, 2.24) is 10.6 Å². The van der Waals surface area contributed by atoms with Crippen LogP contribution in [0.3, 0.4) is 0 Å². The molecule has 1 aromatic carbocycles. The minimum Gasteiger partial charge on any atom is -0.349 e. The van der Waals surface area contributed by atoms with Crippen LogP contribution < -0.4 is 15.5 Å². The van der Waals surface area contributed by atoms with Gasteiger partial charge in [0.05, 0.1) is 11.3 Å². The predicted octanol–water partition coefficient (Wildman–Crippen LogP) is 1.25. The zero-order valence-corrected chi connectivity index (χ0v) is 10.9. The van der Waals surface area contributed by atoms with E-state index in [2.05, 4.69) is 28.5 Å². The van der Waals surface area contributed by atoms with Gasteiger partial charge in [-0.1, -0.05) is 12.1 Å². The summed E-state index contributed by atoms with van der Waals surface area (Å²) in [5, 5.41) is 6.60. The molecule has 96 valence electrons. The molecule has 2 heterocycles. The molecule has 1 aromatic rings. The van der Waals surface area contributed by atoms with E-state index in [1.54, 1.807) is 0 Å². The zero-order valence-electron chi connectivity index (χ0n) is 10.9. The zero-order chi connectivity index (χ0) is 12.7. The Morgan fingerprint density at radius 2 is 2.22 bits per heavy atom. The Morgan fingerprint density at radius 1 is 1.39 bits per heavy atom. The van der Waals surface area contributed by atoms with E-state index in [-0.39, 0.29) is 12.1 Å². The Hall–Kier alpha value is -1.55. The van der Waals surface area contributed by atoms with Crippen LogP contribution >= 0.6 is 0 Å². The van der Waals surface area contributed by atoms with E-state index in [9.17, 15) is 4.79 Å². The lowest BCUT2D eigenvalue weighted by Gasteiger charge is -2.38. The van der Waals surface area contributed by atoms with Gasteiger partial charge in [0.1, 0.15) is 6.17 Å². The van der Waals surface area contributed by atoms with Gasteiger partial charge in [-0.3, -0.25) is 4.79 Å². The van der Waals surface area contributed by atoms with Crippen molar-refractivity contribution < 1.29 is 4.79 Å². The highest BCUT2D eigenvalue weighted by molar-refractivity contribution is 6.03. The molecule has 0 unspecified atom stereocenters. The van der Waals surface area contributed by atoms with Gasteiger partial charge in [0, 0.05) is 25.6 Å². The number of carbonyl (C=O) groups excluding carboxylic acids is 1. The number of benzene rings is 1. The second kappa shape index (κ2) is 4.28. The molecule has 0 spiro atoms. The molecule has 4 heteroatoms. The number of aryl methyl sites for hydroxylation is 1. The van der Waals surface area contributed by atoms with Crippen molar-refractivity contribution in [2.75, 3.05) is 18.0 Å². The molecule has 1 amide bonds. The highest BCUT2D eigenvalue weighted by atomic mass is 16.2. The number of carbonyl (C=O) groups is 1. The van der Waals surface area contributed by atoms with Crippen LogP contribution in [0.15, 0.2) is 18.2 Å². The summed E-state index contributed by atoms with van der Waals surface area (Å²) < 4.78 is 0. The first kappa shape index (κ1) is 11.5. The van der Waals surface area contributed by atoms with Gasteiger partial charge >= 0.3 is 0 Å². The topological polar surface area (TPSA) is 44.4 Å². The number of nitrogens with zero attached hydrogens (tertiary/aromatic N) is 1. The molecule has 2 aliphatic heterocycles. The SMILES string of the molecule is Cc1cccc2c1C(=O)N[C@@H]1C[C@H](C)NCCN21. The molecule has 3 rings (SSSR count). The summed E-state index contributed by atoms with van der Waals surface area (Å²) >= 11 is 0. The van der Waals surface area contributed by atoms with E-state index in [1.165, 1.54) is 0 Å². The Morgan fingerprint density at radius 3 is 3.06 bits per heavy atom. The first-order valence-electron chi connectivity index (χ1n) is 6.57. The molecule has 0 radical (unpaired) electrons. The second-order valence-electron chi connectivity index (χ2n) is 5.24. The van der Waals surface area contributed by atoms with Gasteiger partial charge < -0.3 is 15.5 Å². The molecule has 2 N–H and O–H groups in total. The highest BCUT2D eigenvalue weighted by Crippen LogP contribution is 2.30. The molecule has 1 saturated heterocycles. The predicted molar refractivity (Wildman–Crippen MR) is 71.9 cm³/mol. The molecule has 2 aliphatic rings. The summed E-state index contributed by atoms with van der Waals surface area (Å²) in [7, 11) is 0. The first-order chi connectivity index (χ1) is 8.66. The fourth-order valence-electron chi connectivity index (χ4n) is 2.97. The van der Waals surface area contributed by atoms with E-state index >= 15 is 0 Å². The normalized spacial score (nSPS) is 27.0. The minimum absolute atomic E-state index is 0.0680. The van der Waals surface area contributed by atoms with Gasteiger partial charge in [0.25, 0.3) is 5.91 Å². The van der Waals surface area contributed by atoms with Crippen LogP contribution in [-0.2, 0) is 0 Å². The second-order valence-corrected chi connectivity index (χ2v) is 5.24. The summed E-state index contributed by atoms with van der Waals surface area (Å²) in [4.78, 5) is 14.5. The minimum atomic E-state index is 0.0680. The van der Waals surface area contributed by atoms with E-state index < -0.39 is 0 Å². The maximum Gasteiger partial charge on any atom is 0.255 e. The number of fused-ring (bicyclic) bond motifs is 3. The van der Waals surface area contributed by atoms with Crippen LogP contribution in [-0.4, -0.2) is 31.2 Å². The third kappa shape index (κ3) is 1.77. The summed E-state index contributed by atoms with van der Waals surface area (Å²) in [5.41, 5.74) is 2.97. The van der Waals surface area contributed by atoms with Crippen LogP contribution in [0.2, 0.25) is 0 Å². The maximum absolute atomic E-state index is 12.2. The largest absolute Gasteiger partial charge is 0.349 e. The van der Waals surface area contributed by atoms with Crippen molar-refractivity contribution in [2.45, 2.75) is 32.5 Å². The van der Waals surface area contributed by atoms with Crippen molar-refractivity contribution in [3.8, 4) is 0 Å². The molecule has 0 aromatic heterocycles. The Labute approximate surface area is 107 Å². The average molecular weight is 245 g/mol. The molecular formula is C14H19N3O. The summed E-state index contributed by atoms with van der Waals surface area (Å²) in [6.07, 6.45) is 1.07. The molecule has 0 saturated carbocycles. The maximum atomic E-state index is 12.2. The Balaban J connectivity index is 2.05. The molecular weight excluding hydrogens is 226 g/mol. The summed E-state index contributed by atoms with van der Waals surface area (Å²) in [6, 6.07) is 6.53. The van der Waals surface area contributed by atoms with E-state index in [4.69, 9.17) is 0 Å². The molecule has 18 heavy (non-hydrogen) atoms. The van der Waals surface area contributed by atoms with Gasteiger partial charge in [-0.15, -0.1) is 0 Å². The lowest BCUT2D eigenvalue weighted by Crippen LogP contribution is -2.53. The van der Waals surface area contributed by atoms with E-state index in [0.29, 0.717) is 6.04 Å². The van der Waals surface area contributed by atoms with Crippen molar-refractivity contribution in [3.63, 3.8) is 0 Å². The average Bonchev–Trinajstić information content (AvgIpc) is 2.50. The molecule has 4 nitrogen and oxygen atoms in total. The quantitative estimate of drug-likeness (QED) is 0.723. The fourth-order valence-corrected chi connectivity index (χ4v) is 2.97. The smallest absolute Gasteiger partial charge is 0.255 e. The number of amides is 1. The van der Waals surface area contributed by atoms with Crippen molar-refractivity contribution >= 4 is 11.6 Å². The van der Waals surface area contributed by atoms with Gasteiger partial charge in [-0.05, 0) is 25.5 Å². The number of nitrogens with one attached hydrogen (secondary N) is 2. The van der Waals surface area contributed by atoms with E-state index in [1.807, 2.05) is 19.1 Å². The Bertz CT molecular complexity index is 486. The third-order valence-electron chi connectivity index (χ3n) is 3.88. The lowest BCUT2D eigenvalue weighted by atomic mass is 10.0. The summed E-state index contributed by atoms with van der Waals surface area (Å²) in [5.74, 6) is 0.0680.